The normalized spacial score (nSPS) is 11.5. The maximum absolute atomic E-state index is 9.40. The summed E-state index contributed by atoms with van der Waals surface area (Å²) in [6.45, 7) is 0. The van der Waals surface area contributed by atoms with Crippen molar-refractivity contribution in [2.45, 2.75) is 0 Å². The number of benzene rings is 4. The topological polar surface area (TPSA) is 54.8 Å². The fourth-order valence-electron chi connectivity index (χ4n) is 5.01. The summed E-state index contributed by atoms with van der Waals surface area (Å²) in [5.41, 5.74) is 6.96. The number of nitriles is 1. The predicted octanol–water partition coefficient (Wildman–Crippen LogP) is 7.62. The molecule has 0 unspecified atom stereocenters. The number of hydrogen-bond acceptors (Lipinski definition) is 3. The van der Waals surface area contributed by atoms with E-state index in [-0.39, 0.29) is 0 Å². The smallest absolute Gasteiger partial charge is 0.160 e. The lowest BCUT2D eigenvalue weighted by Crippen LogP contribution is -1.98. The number of hydrogen-bond donors (Lipinski definition) is 0. The Labute approximate surface area is 194 Å². The van der Waals surface area contributed by atoms with Crippen LogP contribution in [0.15, 0.2) is 108 Å². The van der Waals surface area contributed by atoms with Gasteiger partial charge in [0.05, 0.1) is 22.4 Å². The molecule has 0 aliphatic rings. The molecule has 4 heteroatoms. The zero-order valence-electron chi connectivity index (χ0n) is 18.1. The number of rotatable bonds is 2. The van der Waals surface area contributed by atoms with Crippen molar-refractivity contribution in [3.63, 3.8) is 0 Å². The highest BCUT2D eigenvalue weighted by Crippen LogP contribution is 2.41. The molecule has 158 valence electrons. The summed E-state index contributed by atoms with van der Waals surface area (Å²) >= 11 is 0. The first-order valence-corrected chi connectivity index (χ1v) is 11.1. The molecule has 0 saturated heterocycles. The lowest BCUT2D eigenvalue weighted by molar-refractivity contribution is 0.671. The predicted molar refractivity (Wildman–Crippen MR) is 136 cm³/mol. The summed E-state index contributed by atoms with van der Waals surface area (Å²) in [4.78, 5) is 4.59. The van der Waals surface area contributed by atoms with Crippen LogP contribution in [0.1, 0.15) is 5.69 Å². The van der Waals surface area contributed by atoms with E-state index in [2.05, 4.69) is 70.2 Å². The highest BCUT2D eigenvalue weighted by molar-refractivity contribution is 6.21. The highest BCUT2D eigenvalue weighted by atomic mass is 16.3. The van der Waals surface area contributed by atoms with Gasteiger partial charge >= 0.3 is 0 Å². The first kappa shape index (κ1) is 18.7. The Morgan fingerprint density at radius 2 is 1.44 bits per heavy atom. The van der Waals surface area contributed by atoms with Gasteiger partial charge in [-0.1, -0.05) is 66.7 Å². The van der Waals surface area contributed by atoms with Gasteiger partial charge in [0.1, 0.15) is 17.3 Å². The average Bonchev–Trinajstić information content (AvgIpc) is 3.44. The molecule has 34 heavy (non-hydrogen) atoms. The Hall–Kier alpha value is -4.88. The van der Waals surface area contributed by atoms with Crippen LogP contribution >= 0.6 is 0 Å². The number of pyridine rings is 1. The van der Waals surface area contributed by atoms with Crippen LogP contribution in [0.2, 0.25) is 0 Å². The molecular formula is C30H17N3O. The van der Waals surface area contributed by atoms with Crippen molar-refractivity contribution < 1.29 is 4.42 Å². The van der Waals surface area contributed by atoms with Gasteiger partial charge in [-0.05, 0) is 36.4 Å². The van der Waals surface area contributed by atoms with E-state index < -0.39 is 0 Å². The molecule has 0 N–H and O–H groups in total. The lowest BCUT2D eigenvalue weighted by Gasteiger charge is -2.13. The van der Waals surface area contributed by atoms with Gasteiger partial charge in [-0.25, -0.2) is 4.98 Å². The molecule has 7 rings (SSSR count). The molecule has 0 fully saturated rings. The molecule has 3 aromatic heterocycles. The SMILES string of the molecule is N#Cc1cccc(-c2ccccc2-n2c3ccccc3c3ccc4c5ccccc5oc4c32)n1. The molecule has 0 atom stereocenters. The van der Waals surface area contributed by atoms with E-state index in [1.807, 2.05) is 42.5 Å². The summed E-state index contributed by atoms with van der Waals surface area (Å²) in [5.74, 6) is 0. The van der Waals surface area contributed by atoms with Gasteiger partial charge < -0.3 is 8.98 Å². The van der Waals surface area contributed by atoms with Gasteiger partial charge in [0.2, 0.25) is 0 Å². The molecule has 0 saturated carbocycles. The largest absolute Gasteiger partial charge is 0.454 e. The molecule has 7 aromatic rings. The maximum Gasteiger partial charge on any atom is 0.160 e. The summed E-state index contributed by atoms with van der Waals surface area (Å²) < 4.78 is 8.73. The number of nitrogens with zero attached hydrogens (tertiary/aromatic N) is 3. The Morgan fingerprint density at radius 1 is 0.676 bits per heavy atom. The van der Waals surface area contributed by atoms with Crippen molar-refractivity contribution in [2.75, 3.05) is 0 Å². The summed E-state index contributed by atoms with van der Waals surface area (Å²) in [7, 11) is 0. The van der Waals surface area contributed by atoms with Crippen LogP contribution in [0.3, 0.4) is 0 Å². The van der Waals surface area contributed by atoms with Crippen LogP contribution in [0.5, 0.6) is 0 Å². The van der Waals surface area contributed by atoms with Crippen molar-refractivity contribution in [3.05, 3.63) is 109 Å². The van der Waals surface area contributed by atoms with Crippen molar-refractivity contribution in [3.8, 4) is 23.0 Å². The molecule has 4 nitrogen and oxygen atoms in total. The third-order valence-corrected chi connectivity index (χ3v) is 6.46. The first-order valence-electron chi connectivity index (χ1n) is 11.1. The van der Waals surface area contributed by atoms with Gasteiger partial charge in [0, 0.05) is 27.1 Å². The van der Waals surface area contributed by atoms with Crippen LogP contribution in [0, 0.1) is 11.3 Å². The fraction of sp³-hybridized carbons (Fsp3) is 0. The van der Waals surface area contributed by atoms with Crippen LogP contribution in [0.25, 0.3) is 60.7 Å². The standard InChI is InChI=1S/C30H17N3O/c31-18-19-8-7-12-25(32-19)24-11-2-5-14-27(24)33-26-13-4-1-9-20(26)22-16-17-23-21-10-3-6-15-28(21)34-30(23)29(22)33/h1-17H. The molecule has 3 heterocycles. The second kappa shape index (κ2) is 7.06. The van der Waals surface area contributed by atoms with E-state index in [4.69, 9.17) is 4.42 Å². The Bertz CT molecular complexity index is 1930. The van der Waals surface area contributed by atoms with Crippen molar-refractivity contribution in [1.29, 1.82) is 5.26 Å². The molecule has 0 amide bonds. The van der Waals surface area contributed by atoms with Crippen LogP contribution in [-0.4, -0.2) is 9.55 Å². The van der Waals surface area contributed by atoms with E-state index >= 15 is 0 Å². The zero-order valence-corrected chi connectivity index (χ0v) is 18.1. The minimum Gasteiger partial charge on any atom is -0.454 e. The Kier molecular flexibility index (Phi) is 3.88. The average molecular weight is 435 g/mol. The molecule has 0 aliphatic heterocycles. The van der Waals surface area contributed by atoms with Crippen molar-refractivity contribution in [1.82, 2.24) is 9.55 Å². The molecular weight excluding hydrogens is 418 g/mol. The van der Waals surface area contributed by atoms with Gasteiger partial charge in [-0.15, -0.1) is 0 Å². The molecule has 0 radical (unpaired) electrons. The third kappa shape index (κ3) is 2.55. The second-order valence-electron chi connectivity index (χ2n) is 8.33. The van der Waals surface area contributed by atoms with E-state index in [0.29, 0.717) is 5.69 Å². The van der Waals surface area contributed by atoms with Gasteiger partial charge in [0.15, 0.2) is 5.58 Å². The quantitative estimate of drug-likeness (QED) is 0.281. The van der Waals surface area contributed by atoms with Gasteiger partial charge in [0.25, 0.3) is 0 Å². The minimum absolute atomic E-state index is 0.397. The van der Waals surface area contributed by atoms with Crippen molar-refractivity contribution >= 4 is 43.7 Å². The molecule has 4 aromatic carbocycles. The molecule has 0 spiro atoms. The fourth-order valence-corrected chi connectivity index (χ4v) is 5.01. The van der Waals surface area contributed by atoms with Gasteiger partial charge in [-0.3, -0.25) is 0 Å². The number of fused-ring (bicyclic) bond motifs is 7. The Morgan fingerprint density at radius 3 is 2.35 bits per heavy atom. The summed E-state index contributed by atoms with van der Waals surface area (Å²) in [6, 6.07) is 36.8. The molecule has 0 bridgehead atoms. The van der Waals surface area contributed by atoms with E-state index in [1.165, 1.54) is 0 Å². The van der Waals surface area contributed by atoms with E-state index in [9.17, 15) is 5.26 Å². The van der Waals surface area contributed by atoms with Crippen molar-refractivity contribution in [2.24, 2.45) is 0 Å². The number of furan rings is 1. The van der Waals surface area contributed by atoms with E-state index in [1.54, 1.807) is 6.07 Å². The third-order valence-electron chi connectivity index (χ3n) is 6.46. The van der Waals surface area contributed by atoms with Crippen LogP contribution in [0.4, 0.5) is 0 Å². The Balaban J connectivity index is 1.67. The second-order valence-corrected chi connectivity index (χ2v) is 8.33. The summed E-state index contributed by atoms with van der Waals surface area (Å²) in [6.07, 6.45) is 0. The number of para-hydroxylation sites is 3. The summed E-state index contributed by atoms with van der Waals surface area (Å²) in [5, 5.41) is 13.9. The van der Waals surface area contributed by atoms with Crippen LogP contribution < -0.4 is 0 Å². The first-order chi connectivity index (χ1) is 16.8. The van der Waals surface area contributed by atoms with E-state index in [0.717, 1.165) is 60.7 Å². The minimum atomic E-state index is 0.397. The lowest BCUT2D eigenvalue weighted by atomic mass is 10.1. The zero-order chi connectivity index (χ0) is 22.6. The monoisotopic (exact) mass is 435 g/mol. The maximum atomic E-state index is 9.40. The van der Waals surface area contributed by atoms with Gasteiger partial charge in [-0.2, -0.15) is 5.26 Å². The van der Waals surface area contributed by atoms with Crippen LogP contribution in [-0.2, 0) is 0 Å². The molecule has 0 aliphatic carbocycles. The highest BCUT2D eigenvalue weighted by Gasteiger charge is 2.20. The number of aromatic nitrogens is 2.